The highest BCUT2D eigenvalue weighted by Crippen LogP contribution is 2.34. The molecule has 2 aromatic carbocycles. The van der Waals surface area contributed by atoms with Crippen LogP contribution in [0.15, 0.2) is 30.3 Å². The normalized spacial score (nSPS) is 10.3. The highest BCUT2D eigenvalue weighted by Gasteiger charge is 2.14. The molecule has 0 atom stereocenters. The second-order valence-electron chi connectivity index (χ2n) is 3.68. The van der Waals surface area contributed by atoms with Crippen LogP contribution in [0, 0.1) is 17.5 Å². The van der Waals surface area contributed by atoms with Gasteiger partial charge in [0.1, 0.15) is 0 Å². The first kappa shape index (κ1) is 13.1. The molecule has 0 bridgehead atoms. The number of ether oxygens (including phenoxy) is 2. The smallest absolute Gasteiger partial charge is 0.201 e. The fraction of sp³-hybridized carbons (Fsp3) is 0.0769. The summed E-state index contributed by atoms with van der Waals surface area (Å²) >= 11 is 0. The molecule has 0 heterocycles. The van der Waals surface area contributed by atoms with E-state index in [1.807, 2.05) is 0 Å². The Hall–Kier alpha value is -2.37. The van der Waals surface area contributed by atoms with Crippen molar-refractivity contribution in [1.82, 2.24) is 0 Å². The van der Waals surface area contributed by atoms with Gasteiger partial charge >= 0.3 is 0 Å². The molecule has 3 nitrogen and oxygen atoms in total. The molecule has 6 heteroatoms. The van der Waals surface area contributed by atoms with Gasteiger partial charge in [0.05, 0.1) is 12.8 Å². The van der Waals surface area contributed by atoms with E-state index >= 15 is 0 Å². The first-order valence-electron chi connectivity index (χ1n) is 5.27. The molecule has 19 heavy (non-hydrogen) atoms. The van der Waals surface area contributed by atoms with Crippen molar-refractivity contribution in [3.05, 3.63) is 47.8 Å². The number of hydrogen-bond acceptors (Lipinski definition) is 3. The summed E-state index contributed by atoms with van der Waals surface area (Å²) in [5.41, 5.74) is 5.49. The quantitative estimate of drug-likeness (QED) is 0.867. The van der Waals surface area contributed by atoms with Crippen molar-refractivity contribution in [2.24, 2.45) is 0 Å². The Labute approximate surface area is 107 Å². The summed E-state index contributed by atoms with van der Waals surface area (Å²) in [6.07, 6.45) is 0. The number of nitrogens with two attached hydrogens (primary N) is 1. The van der Waals surface area contributed by atoms with Gasteiger partial charge in [0.25, 0.3) is 0 Å². The lowest BCUT2D eigenvalue weighted by molar-refractivity contribution is 0.378. The van der Waals surface area contributed by atoms with E-state index in [2.05, 4.69) is 0 Å². The Kier molecular flexibility index (Phi) is 3.50. The van der Waals surface area contributed by atoms with Crippen molar-refractivity contribution >= 4 is 5.69 Å². The van der Waals surface area contributed by atoms with Crippen LogP contribution in [0.5, 0.6) is 17.2 Å². The third-order valence-corrected chi connectivity index (χ3v) is 2.42. The molecule has 2 aromatic rings. The summed E-state index contributed by atoms with van der Waals surface area (Å²) in [5.74, 6) is -3.36. The number of anilines is 1. The maximum absolute atomic E-state index is 13.4. The molecule has 0 spiro atoms. The Morgan fingerprint density at radius 1 is 0.947 bits per heavy atom. The molecule has 0 amide bonds. The number of rotatable bonds is 3. The first-order chi connectivity index (χ1) is 9.02. The van der Waals surface area contributed by atoms with E-state index < -0.39 is 17.5 Å². The second-order valence-corrected chi connectivity index (χ2v) is 3.68. The number of nitrogen functional groups attached to an aromatic ring is 1. The molecule has 0 radical (unpaired) electrons. The Morgan fingerprint density at radius 3 is 2.37 bits per heavy atom. The average molecular weight is 269 g/mol. The fourth-order valence-corrected chi connectivity index (χ4v) is 1.48. The first-order valence-corrected chi connectivity index (χ1v) is 5.27. The van der Waals surface area contributed by atoms with Crippen molar-refractivity contribution in [2.75, 3.05) is 12.8 Å². The summed E-state index contributed by atoms with van der Waals surface area (Å²) in [7, 11) is 1.27. The standard InChI is InChI=1S/C13H10F3NO2/c1-18-11-6-12(9(17)5-8(11)15)19-10-4-2-3-7(14)13(10)16/h2-6H,17H2,1H3. The predicted octanol–water partition coefficient (Wildman–Crippen LogP) is 3.49. The van der Waals surface area contributed by atoms with Gasteiger partial charge in [0.2, 0.25) is 5.82 Å². The van der Waals surface area contributed by atoms with Gasteiger partial charge in [0.15, 0.2) is 28.9 Å². The lowest BCUT2D eigenvalue weighted by Crippen LogP contribution is -1.98. The third kappa shape index (κ3) is 2.57. The van der Waals surface area contributed by atoms with Gasteiger partial charge in [-0.05, 0) is 12.1 Å². The zero-order valence-corrected chi connectivity index (χ0v) is 9.91. The topological polar surface area (TPSA) is 44.5 Å². The molecule has 2 rings (SSSR count). The maximum atomic E-state index is 13.4. The number of methoxy groups -OCH3 is 1. The molecule has 0 unspecified atom stereocenters. The summed E-state index contributed by atoms with van der Waals surface area (Å²) in [5, 5.41) is 0. The van der Waals surface area contributed by atoms with Gasteiger partial charge in [-0.15, -0.1) is 0 Å². The minimum absolute atomic E-state index is 0.0252. The van der Waals surface area contributed by atoms with Crippen molar-refractivity contribution < 1.29 is 22.6 Å². The van der Waals surface area contributed by atoms with Crippen LogP contribution in [-0.2, 0) is 0 Å². The van der Waals surface area contributed by atoms with Crippen LogP contribution in [0.4, 0.5) is 18.9 Å². The van der Waals surface area contributed by atoms with Gasteiger partial charge in [-0.1, -0.05) is 6.07 Å². The average Bonchev–Trinajstić information content (AvgIpc) is 2.38. The molecular weight excluding hydrogens is 259 g/mol. The SMILES string of the molecule is COc1cc(Oc2cccc(F)c2F)c(N)cc1F. The van der Waals surface area contributed by atoms with E-state index in [9.17, 15) is 13.2 Å². The number of hydrogen-bond donors (Lipinski definition) is 1. The molecule has 0 aliphatic heterocycles. The van der Waals surface area contributed by atoms with E-state index in [0.717, 1.165) is 18.2 Å². The van der Waals surface area contributed by atoms with Crippen molar-refractivity contribution in [2.45, 2.75) is 0 Å². The minimum Gasteiger partial charge on any atom is -0.494 e. The van der Waals surface area contributed by atoms with Crippen LogP contribution in [0.3, 0.4) is 0 Å². The lowest BCUT2D eigenvalue weighted by Gasteiger charge is -2.11. The Bertz CT molecular complexity index is 617. The zero-order chi connectivity index (χ0) is 14.0. The molecular formula is C13H10F3NO2. The van der Waals surface area contributed by atoms with Crippen molar-refractivity contribution in [3.63, 3.8) is 0 Å². The van der Waals surface area contributed by atoms with Crippen LogP contribution in [-0.4, -0.2) is 7.11 Å². The van der Waals surface area contributed by atoms with Crippen LogP contribution in [0.2, 0.25) is 0 Å². The monoisotopic (exact) mass is 269 g/mol. The highest BCUT2D eigenvalue weighted by atomic mass is 19.2. The molecule has 0 saturated carbocycles. The fourth-order valence-electron chi connectivity index (χ4n) is 1.48. The van der Waals surface area contributed by atoms with E-state index in [4.69, 9.17) is 15.2 Å². The van der Waals surface area contributed by atoms with E-state index in [1.165, 1.54) is 19.2 Å². The van der Waals surface area contributed by atoms with Crippen molar-refractivity contribution in [1.29, 1.82) is 0 Å². The number of halogens is 3. The van der Waals surface area contributed by atoms with Crippen molar-refractivity contribution in [3.8, 4) is 17.2 Å². The van der Waals surface area contributed by atoms with Crippen LogP contribution in [0.25, 0.3) is 0 Å². The molecule has 0 saturated heterocycles. The van der Waals surface area contributed by atoms with Gasteiger partial charge in [-0.3, -0.25) is 0 Å². The van der Waals surface area contributed by atoms with Gasteiger partial charge in [0, 0.05) is 12.1 Å². The molecule has 0 aromatic heterocycles. The third-order valence-electron chi connectivity index (χ3n) is 2.42. The largest absolute Gasteiger partial charge is 0.494 e. The van der Waals surface area contributed by atoms with E-state index in [1.54, 1.807) is 0 Å². The molecule has 0 aliphatic carbocycles. The van der Waals surface area contributed by atoms with E-state index in [-0.39, 0.29) is 22.9 Å². The summed E-state index contributed by atoms with van der Waals surface area (Å²) in [6, 6.07) is 5.61. The molecule has 100 valence electrons. The Morgan fingerprint density at radius 2 is 1.68 bits per heavy atom. The maximum Gasteiger partial charge on any atom is 0.201 e. The summed E-state index contributed by atoms with van der Waals surface area (Å²) in [4.78, 5) is 0. The van der Waals surface area contributed by atoms with E-state index in [0.29, 0.717) is 0 Å². The Balaban J connectivity index is 2.41. The summed E-state index contributed by atoms with van der Waals surface area (Å²) in [6.45, 7) is 0. The van der Waals surface area contributed by atoms with Gasteiger partial charge < -0.3 is 15.2 Å². The highest BCUT2D eigenvalue weighted by molar-refractivity contribution is 5.57. The van der Waals surface area contributed by atoms with Gasteiger partial charge in [-0.25, -0.2) is 8.78 Å². The molecule has 0 aliphatic rings. The lowest BCUT2D eigenvalue weighted by atomic mass is 10.2. The summed E-state index contributed by atoms with van der Waals surface area (Å²) < 4.78 is 49.7. The number of benzene rings is 2. The van der Waals surface area contributed by atoms with Crippen LogP contribution < -0.4 is 15.2 Å². The predicted molar refractivity (Wildman–Crippen MR) is 63.8 cm³/mol. The van der Waals surface area contributed by atoms with Crippen LogP contribution in [0.1, 0.15) is 0 Å². The molecule has 0 fully saturated rings. The van der Waals surface area contributed by atoms with Crippen LogP contribution >= 0.6 is 0 Å². The van der Waals surface area contributed by atoms with Gasteiger partial charge in [-0.2, -0.15) is 4.39 Å². The second kappa shape index (κ2) is 5.09. The zero-order valence-electron chi connectivity index (χ0n) is 9.91. The molecule has 2 N–H and O–H groups in total. The minimum atomic E-state index is -1.15.